The van der Waals surface area contributed by atoms with Crippen LogP contribution in [-0.4, -0.2) is 11.0 Å². The van der Waals surface area contributed by atoms with Crippen molar-refractivity contribution in [2.24, 2.45) is 0 Å². The Kier molecular flexibility index (Phi) is 1.99. The molecular formula is C14H10NO2+. The predicted octanol–water partition coefficient (Wildman–Crippen LogP) is 1.19. The average molecular weight is 224 g/mol. The summed E-state index contributed by atoms with van der Waals surface area (Å²) in [6, 6.07) is 8.91. The Morgan fingerprint density at radius 2 is 2.00 bits per heavy atom. The first kappa shape index (κ1) is 9.97. The summed E-state index contributed by atoms with van der Waals surface area (Å²) in [5.41, 5.74) is 0.154. The number of aliphatic hydroxyl groups is 1. The number of benzene rings is 1. The number of rotatable bonds is 1. The van der Waals surface area contributed by atoms with Crippen molar-refractivity contribution in [2.45, 2.75) is 5.60 Å². The second-order valence-corrected chi connectivity index (χ2v) is 4.00. The molecule has 1 aromatic carbocycles. The molecule has 1 amide bonds. The van der Waals surface area contributed by atoms with Gasteiger partial charge in [0.1, 0.15) is 17.7 Å². The third kappa shape index (κ3) is 1.27. The number of hydrogen-bond acceptors (Lipinski definition) is 2. The summed E-state index contributed by atoms with van der Waals surface area (Å²) in [5, 5.41) is 13.3. The lowest BCUT2D eigenvalue weighted by Crippen LogP contribution is -2.38. The van der Waals surface area contributed by atoms with Crippen molar-refractivity contribution in [3.8, 4) is 0 Å². The van der Waals surface area contributed by atoms with Crippen LogP contribution in [0.2, 0.25) is 0 Å². The van der Waals surface area contributed by atoms with Crippen LogP contribution in [0, 0.1) is 6.08 Å². The first-order valence-corrected chi connectivity index (χ1v) is 5.33. The van der Waals surface area contributed by atoms with Gasteiger partial charge in [0.15, 0.2) is 5.70 Å². The zero-order valence-electron chi connectivity index (χ0n) is 8.97. The molecule has 2 aliphatic rings. The van der Waals surface area contributed by atoms with Crippen molar-refractivity contribution in [1.82, 2.24) is 5.32 Å². The molecule has 1 atom stereocenters. The maximum atomic E-state index is 12.0. The van der Waals surface area contributed by atoms with Crippen LogP contribution in [0.5, 0.6) is 0 Å². The minimum atomic E-state index is -1.60. The van der Waals surface area contributed by atoms with Gasteiger partial charge in [0.2, 0.25) is 5.60 Å². The lowest BCUT2D eigenvalue weighted by Gasteiger charge is -2.18. The van der Waals surface area contributed by atoms with Crippen molar-refractivity contribution in [2.75, 3.05) is 0 Å². The van der Waals surface area contributed by atoms with Crippen molar-refractivity contribution in [1.29, 1.82) is 0 Å². The maximum Gasteiger partial charge on any atom is 0.281 e. The summed E-state index contributed by atoms with van der Waals surface area (Å²) < 4.78 is 0. The minimum absolute atomic E-state index is 0.418. The Labute approximate surface area is 98.8 Å². The quantitative estimate of drug-likeness (QED) is 0.704. The molecule has 1 heterocycles. The van der Waals surface area contributed by atoms with E-state index in [4.69, 9.17) is 0 Å². The fourth-order valence-corrected chi connectivity index (χ4v) is 2.14. The fourth-order valence-electron chi connectivity index (χ4n) is 2.14. The van der Waals surface area contributed by atoms with Gasteiger partial charge in [-0.25, -0.2) is 0 Å². The Morgan fingerprint density at radius 3 is 2.76 bits per heavy atom. The van der Waals surface area contributed by atoms with Crippen molar-refractivity contribution in [3.63, 3.8) is 0 Å². The molecule has 3 heteroatoms. The molecule has 1 aliphatic heterocycles. The fraction of sp³-hybridized carbons (Fsp3) is 0.0714. The van der Waals surface area contributed by atoms with Gasteiger partial charge in [-0.2, -0.15) is 0 Å². The molecule has 0 saturated carbocycles. The Morgan fingerprint density at radius 1 is 1.24 bits per heavy atom. The van der Waals surface area contributed by atoms with Crippen molar-refractivity contribution < 1.29 is 9.90 Å². The van der Waals surface area contributed by atoms with Crippen LogP contribution in [0.3, 0.4) is 0 Å². The molecule has 1 aliphatic carbocycles. The standard InChI is InChI=1S/C14H9NO2/c16-13-14(17,10-6-2-1-3-7-10)11-8-4-5-9-12(11)15-13/h1-3,5-9,17H/p+1. The zero-order valence-corrected chi connectivity index (χ0v) is 8.97. The van der Waals surface area contributed by atoms with E-state index < -0.39 is 11.5 Å². The third-order valence-electron chi connectivity index (χ3n) is 3.02. The third-order valence-corrected chi connectivity index (χ3v) is 3.02. The van der Waals surface area contributed by atoms with Gasteiger partial charge in [-0.05, 0) is 0 Å². The molecule has 0 spiro atoms. The largest absolute Gasteiger partial charge is 0.362 e. The number of carbonyl (C=O) groups is 1. The van der Waals surface area contributed by atoms with E-state index in [1.165, 1.54) is 0 Å². The lowest BCUT2D eigenvalue weighted by molar-refractivity contribution is -0.133. The van der Waals surface area contributed by atoms with Gasteiger partial charge < -0.3 is 5.11 Å². The van der Waals surface area contributed by atoms with Crippen LogP contribution in [0.4, 0.5) is 0 Å². The number of nitrogens with one attached hydrogen (secondary N) is 1. The van der Waals surface area contributed by atoms with Crippen LogP contribution < -0.4 is 5.32 Å². The van der Waals surface area contributed by atoms with Crippen molar-refractivity contribution >= 4 is 5.91 Å². The van der Waals surface area contributed by atoms with E-state index >= 15 is 0 Å². The molecule has 3 rings (SSSR count). The van der Waals surface area contributed by atoms with E-state index in [2.05, 4.69) is 11.4 Å². The van der Waals surface area contributed by atoms with E-state index in [1.807, 2.05) is 6.07 Å². The van der Waals surface area contributed by atoms with E-state index in [-0.39, 0.29) is 0 Å². The average Bonchev–Trinajstić information content (AvgIpc) is 2.64. The van der Waals surface area contributed by atoms with Gasteiger partial charge in [-0.15, -0.1) is 0 Å². The second kappa shape index (κ2) is 3.39. The summed E-state index contributed by atoms with van der Waals surface area (Å²) in [7, 11) is 0. The number of carbonyl (C=O) groups excluding carboxylic acids is 1. The highest BCUT2D eigenvalue weighted by molar-refractivity contribution is 5.96. The summed E-state index contributed by atoms with van der Waals surface area (Å²) >= 11 is 0. The number of allylic oxidation sites excluding steroid dienone is 3. The Balaban J connectivity index is 2.20. The van der Waals surface area contributed by atoms with Crippen LogP contribution in [0.25, 0.3) is 0 Å². The van der Waals surface area contributed by atoms with Gasteiger partial charge in [0, 0.05) is 11.6 Å². The topological polar surface area (TPSA) is 49.3 Å². The Hall–Kier alpha value is -2.22. The van der Waals surface area contributed by atoms with E-state index in [9.17, 15) is 9.90 Å². The first-order chi connectivity index (χ1) is 8.23. The molecule has 0 fully saturated rings. The highest BCUT2D eigenvalue weighted by Crippen LogP contribution is 2.38. The summed E-state index contributed by atoms with van der Waals surface area (Å²) in [5.74, 6) is -0.418. The second-order valence-electron chi connectivity index (χ2n) is 4.00. The summed E-state index contributed by atoms with van der Waals surface area (Å²) in [6.07, 6.45) is 7.96. The molecule has 0 bridgehead atoms. The van der Waals surface area contributed by atoms with Gasteiger partial charge in [-0.1, -0.05) is 30.3 Å². The molecular weight excluding hydrogens is 214 g/mol. The molecule has 2 N–H and O–H groups in total. The molecule has 1 aromatic rings. The van der Waals surface area contributed by atoms with Gasteiger partial charge in [0.05, 0.1) is 6.08 Å². The van der Waals surface area contributed by atoms with Crippen LogP contribution in [0.1, 0.15) is 5.56 Å². The minimum Gasteiger partial charge on any atom is -0.362 e. The van der Waals surface area contributed by atoms with Gasteiger partial charge >= 0.3 is 0 Å². The smallest absolute Gasteiger partial charge is 0.281 e. The zero-order chi connectivity index (χ0) is 11.9. The maximum absolute atomic E-state index is 12.0. The van der Waals surface area contributed by atoms with E-state index in [0.29, 0.717) is 16.8 Å². The lowest BCUT2D eigenvalue weighted by atomic mass is 9.85. The van der Waals surface area contributed by atoms with Crippen LogP contribution in [0.15, 0.2) is 59.8 Å². The van der Waals surface area contributed by atoms with Crippen LogP contribution in [-0.2, 0) is 10.4 Å². The molecule has 0 aromatic heterocycles. The van der Waals surface area contributed by atoms with Gasteiger partial charge in [0.25, 0.3) is 5.91 Å². The molecule has 82 valence electrons. The molecule has 0 saturated heterocycles. The normalized spacial score (nSPS) is 25.6. The molecule has 3 nitrogen and oxygen atoms in total. The monoisotopic (exact) mass is 224 g/mol. The molecule has 1 unspecified atom stereocenters. The van der Waals surface area contributed by atoms with Crippen molar-refractivity contribution in [3.05, 3.63) is 71.5 Å². The van der Waals surface area contributed by atoms with E-state index in [1.54, 1.807) is 42.5 Å². The summed E-state index contributed by atoms with van der Waals surface area (Å²) in [6.45, 7) is 0. The van der Waals surface area contributed by atoms with Gasteiger partial charge in [-0.3, -0.25) is 10.1 Å². The first-order valence-electron chi connectivity index (χ1n) is 5.33. The SMILES string of the molecule is O=C1NC2=C(C=[C+]C=C2)C1(O)c1ccccc1. The molecule has 0 radical (unpaired) electrons. The Bertz CT molecular complexity index is 569. The molecule has 17 heavy (non-hydrogen) atoms. The van der Waals surface area contributed by atoms with Crippen LogP contribution >= 0.6 is 0 Å². The number of amides is 1. The van der Waals surface area contributed by atoms with E-state index in [0.717, 1.165) is 0 Å². The summed E-state index contributed by atoms with van der Waals surface area (Å²) in [4.78, 5) is 12.0. The number of hydrogen-bond donors (Lipinski definition) is 2. The highest BCUT2D eigenvalue weighted by atomic mass is 16.3. The highest BCUT2D eigenvalue weighted by Gasteiger charge is 2.52. The predicted molar refractivity (Wildman–Crippen MR) is 62.5 cm³/mol.